The minimum atomic E-state index is -0.335. The highest BCUT2D eigenvalue weighted by atomic mass is 16.5. The van der Waals surface area contributed by atoms with Crippen LogP contribution in [0.5, 0.6) is 5.88 Å². The van der Waals surface area contributed by atoms with Gasteiger partial charge in [-0.25, -0.2) is 0 Å². The van der Waals surface area contributed by atoms with Crippen LogP contribution in [-0.4, -0.2) is 28.8 Å². The van der Waals surface area contributed by atoms with E-state index in [9.17, 15) is 0 Å². The SMILES string of the molecule is CC(CO)CNc1ccc(N)c(OC(C)(C)C)n1. The molecule has 0 aliphatic heterocycles. The van der Waals surface area contributed by atoms with Gasteiger partial charge in [-0.05, 0) is 38.8 Å². The number of ether oxygens (including phenoxy) is 1. The molecular weight excluding hydrogens is 230 g/mol. The molecule has 102 valence electrons. The van der Waals surface area contributed by atoms with Gasteiger partial charge in [0, 0.05) is 13.2 Å². The average molecular weight is 253 g/mol. The molecule has 5 nitrogen and oxygen atoms in total. The number of rotatable bonds is 5. The van der Waals surface area contributed by atoms with E-state index in [2.05, 4.69) is 10.3 Å². The standard InChI is InChI=1S/C13H23N3O2/c1-9(8-17)7-15-11-6-5-10(14)12(16-11)18-13(2,3)4/h5-6,9,17H,7-8,14H2,1-4H3,(H,15,16). The van der Waals surface area contributed by atoms with Gasteiger partial charge in [0.1, 0.15) is 11.4 Å². The number of nitrogens with one attached hydrogen (secondary N) is 1. The smallest absolute Gasteiger partial charge is 0.239 e. The van der Waals surface area contributed by atoms with Gasteiger partial charge in [-0.1, -0.05) is 6.92 Å². The topological polar surface area (TPSA) is 80.4 Å². The summed E-state index contributed by atoms with van der Waals surface area (Å²) in [5.74, 6) is 1.31. The predicted octanol–water partition coefficient (Wildman–Crippen LogP) is 1.88. The molecule has 0 aliphatic rings. The molecule has 0 spiro atoms. The molecule has 1 heterocycles. The zero-order chi connectivity index (χ0) is 13.8. The first-order chi connectivity index (χ1) is 8.31. The quantitative estimate of drug-likeness (QED) is 0.746. The molecule has 1 aromatic rings. The number of hydrogen-bond donors (Lipinski definition) is 3. The third-order valence-corrected chi connectivity index (χ3v) is 2.24. The maximum atomic E-state index is 8.96. The molecular formula is C13H23N3O2. The van der Waals surface area contributed by atoms with Crippen LogP contribution in [0.1, 0.15) is 27.7 Å². The van der Waals surface area contributed by atoms with E-state index in [-0.39, 0.29) is 18.1 Å². The van der Waals surface area contributed by atoms with Gasteiger partial charge in [0.15, 0.2) is 0 Å². The molecule has 18 heavy (non-hydrogen) atoms. The largest absolute Gasteiger partial charge is 0.470 e. The summed E-state index contributed by atoms with van der Waals surface area (Å²) in [4.78, 5) is 4.32. The van der Waals surface area contributed by atoms with Gasteiger partial charge < -0.3 is 20.9 Å². The summed E-state index contributed by atoms with van der Waals surface area (Å²) in [6.07, 6.45) is 0. The van der Waals surface area contributed by atoms with E-state index in [0.29, 0.717) is 23.9 Å². The van der Waals surface area contributed by atoms with Crippen molar-refractivity contribution in [3.05, 3.63) is 12.1 Å². The maximum absolute atomic E-state index is 8.96. The van der Waals surface area contributed by atoms with E-state index in [1.807, 2.05) is 27.7 Å². The van der Waals surface area contributed by atoms with Gasteiger partial charge in [-0.15, -0.1) is 0 Å². The van der Waals surface area contributed by atoms with E-state index < -0.39 is 0 Å². The molecule has 5 heteroatoms. The summed E-state index contributed by atoms with van der Waals surface area (Å²) >= 11 is 0. The second-order valence-electron chi connectivity index (χ2n) is 5.47. The van der Waals surface area contributed by atoms with E-state index in [1.165, 1.54) is 0 Å². The Morgan fingerprint density at radius 1 is 1.44 bits per heavy atom. The second-order valence-corrected chi connectivity index (χ2v) is 5.47. The lowest BCUT2D eigenvalue weighted by atomic mass is 10.2. The highest BCUT2D eigenvalue weighted by Crippen LogP contribution is 2.24. The van der Waals surface area contributed by atoms with Crippen LogP contribution in [0.15, 0.2) is 12.1 Å². The van der Waals surface area contributed by atoms with Crippen LogP contribution in [0, 0.1) is 5.92 Å². The lowest BCUT2D eigenvalue weighted by Gasteiger charge is -2.22. The first-order valence-electron chi connectivity index (χ1n) is 6.12. The van der Waals surface area contributed by atoms with Crippen LogP contribution in [-0.2, 0) is 0 Å². The number of aliphatic hydroxyl groups is 1. The summed E-state index contributed by atoms with van der Waals surface area (Å²) < 4.78 is 5.68. The van der Waals surface area contributed by atoms with Crippen LogP contribution >= 0.6 is 0 Å². The third-order valence-electron chi connectivity index (χ3n) is 2.24. The predicted molar refractivity (Wildman–Crippen MR) is 73.8 cm³/mol. The van der Waals surface area contributed by atoms with Crippen molar-refractivity contribution in [1.82, 2.24) is 4.98 Å². The van der Waals surface area contributed by atoms with Crippen LogP contribution in [0.4, 0.5) is 11.5 Å². The summed E-state index contributed by atoms with van der Waals surface area (Å²) in [5.41, 5.74) is 6.01. The monoisotopic (exact) mass is 253 g/mol. The van der Waals surface area contributed by atoms with Gasteiger partial charge in [0.05, 0.1) is 5.69 Å². The number of nitrogens with two attached hydrogens (primary N) is 1. The Kier molecular flexibility index (Phi) is 4.78. The third kappa shape index (κ3) is 4.79. The first kappa shape index (κ1) is 14.6. The van der Waals surface area contributed by atoms with Crippen molar-refractivity contribution in [2.24, 2.45) is 5.92 Å². The molecule has 0 aromatic carbocycles. The average Bonchev–Trinajstić information content (AvgIpc) is 2.28. The molecule has 0 bridgehead atoms. The fourth-order valence-electron chi connectivity index (χ4n) is 1.26. The molecule has 0 saturated heterocycles. The number of aromatic nitrogens is 1. The molecule has 1 aromatic heterocycles. The fourth-order valence-corrected chi connectivity index (χ4v) is 1.26. The molecule has 1 unspecified atom stereocenters. The van der Waals surface area contributed by atoms with Crippen LogP contribution in [0.2, 0.25) is 0 Å². The lowest BCUT2D eigenvalue weighted by molar-refractivity contribution is 0.125. The molecule has 0 radical (unpaired) electrons. The summed E-state index contributed by atoms with van der Waals surface area (Å²) in [6.45, 7) is 8.60. The van der Waals surface area contributed by atoms with Crippen LogP contribution in [0.3, 0.4) is 0 Å². The van der Waals surface area contributed by atoms with E-state index in [0.717, 1.165) is 0 Å². The summed E-state index contributed by atoms with van der Waals surface area (Å²) in [5, 5.41) is 12.1. The Morgan fingerprint density at radius 2 is 2.11 bits per heavy atom. The van der Waals surface area contributed by atoms with Crippen molar-refractivity contribution in [2.75, 3.05) is 24.2 Å². The molecule has 1 atom stereocenters. The van der Waals surface area contributed by atoms with Gasteiger partial charge in [0.2, 0.25) is 5.88 Å². The zero-order valence-corrected chi connectivity index (χ0v) is 11.5. The minimum Gasteiger partial charge on any atom is -0.470 e. The van der Waals surface area contributed by atoms with Crippen molar-refractivity contribution >= 4 is 11.5 Å². The highest BCUT2D eigenvalue weighted by Gasteiger charge is 2.15. The van der Waals surface area contributed by atoms with Crippen LogP contribution < -0.4 is 15.8 Å². The summed E-state index contributed by atoms with van der Waals surface area (Å²) in [6, 6.07) is 3.56. The van der Waals surface area contributed by atoms with Gasteiger partial charge in [-0.2, -0.15) is 4.98 Å². The number of hydrogen-bond acceptors (Lipinski definition) is 5. The maximum Gasteiger partial charge on any atom is 0.239 e. The van der Waals surface area contributed by atoms with Crippen LogP contribution in [0.25, 0.3) is 0 Å². The zero-order valence-electron chi connectivity index (χ0n) is 11.5. The van der Waals surface area contributed by atoms with Crippen molar-refractivity contribution in [1.29, 1.82) is 0 Å². The summed E-state index contributed by atoms with van der Waals surface area (Å²) in [7, 11) is 0. The van der Waals surface area contributed by atoms with E-state index >= 15 is 0 Å². The van der Waals surface area contributed by atoms with Gasteiger partial charge >= 0.3 is 0 Å². The van der Waals surface area contributed by atoms with E-state index in [4.69, 9.17) is 15.6 Å². The number of aliphatic hydroxyl groups excluding tert-OH is 1. The van der Waals surface area contributed by atoms with Crippen molar-refractivity contribution < 1.29 is 9.84 Å². The number of pyridine rings is 1. The molecule has 0 fully saturated rings. The molecule has 0 saturated carbocycles. The molecule has 1 rings (SSSR count). The Morgan fingerprint density at radius 3 is 2.67 bits per heavy atom. The highest BCUT2D eigenvalue weighted by molar-refractivity contribution is 5.53. The lowest BCUT2D eigenvalue weighted by Crippen LogP contribution is -2.24. The molecule has 4 N–H and O–H groups in total. The van der Waals surface area contributed by atoms with E-state index in [1.54, 1.807) is 12.1 Å². The molecule has 0 amide bonds. The fraction of sp³-hybridized carbons (Fsp3) is 0.615. The normalized spacial score (nSPS) is 13.2. The Hall–Kier alpha value is -1.49. The number of anilines is 2. The first-order valence-corrected chi connectivity index (χ1v) is 6.12. The van der Waals surface area contributed by atoms with Crippen molar-refractivity contribution in [3.63, 3.8) is 0 Å². The van der Waals surface area contributed by atoms with Crippen molar-refractivity contribution in [3.8, 4) is 5.88 Å². The van der Waals surface area contributed by atoms with Gasteiger partial charge in [0.25, 0.3) is 0 Å². The Balaban J connectivity index is 2.74. The molecule has 0 aliphatic carbocycles. The number of nitrogen functional groups attached to an aromatic ring is 1. The van der Waals surface area contributed by atoms with Crippen molar-refractivity contribution in [2.45, 2.75) is 33.3 Å². The Bertz CT molecular complexity index is 388. The minimum absolute atomic E-state index is 0.146. The number of nitrogens with zero attached hydrogens (tertiary/aromatic N) is 1. The second kappa shape index (κ2) is 5.91. The Labute approximate surface area is 108 Å². The van der Waals surface area contributed by atoms with Gasteiger partial charge in [-0.3, -0.25) is 0 Å².